The van der Waals surface area contributed by atoms with Gasteiger partial charge in [-0.2, -0.15) is 0 Å². The summed E-state index contributed by atoms with van der Waals surface area (Å²) in [5, 5.41) is 15.8. The highest BCUT2D eigenvalue weighted by Crippen LogP contribution is 2.45. The van der Waals surface area contributed by atoms with Gasteiger partial charge in [-0.1, -0.05) is 55.3 Å². The predicted octanol–water partition coefficient (Wildman–Crippen LogP) is 5.35. The number of carboxylic acid groups (broad SMARTS) is 1. The Labute approximate surface area is 287 Å². The number of benzene rings is 1. The monoisotopic (exact) mass is 672 g/mol. The van der Waals surface area contributed by atoms with E-state index in [0.717, 1.165) is 61.8 Å². The first-order chi connectivity index (χ1) is 23.4. The summed E-state index contributed by atoms with van der Waals surface area (Å²) in [6.45, 7) is 5.34. The lowest BCUT2D eigenvalue weighted by Gasteiger charge is -2.30. The number of aliphatic carboxylic acids is 1. The minimum atomic E-state index is -1.42. The minimum absolute atomic E-state index is 0.0822. The van der Waals surface area contributed by atoms with Gasteiger partial charge in [0, 0.05) is 23.5 Å². The van der Waals surface area contributed by atoms with Crippen molar-refractivity contribution in [2.24, 2.45) is 5.92 Å². The quantitative estimate of drug-likeness (QED) is 0.361. The highest BCUT2D eigenvalue weighted by Gasteiger charge is 2.61. The summed E-state index contributed by atoms with van der Waals surface area (Å²) in [6, 6.07) is 10.1. The Morgan fingerprint density at radius 1 is 1.06 bits per heavy atom. The minimum Gasteiger partial charge on any atom is -0.479 e. The van der Waals surface area contributed by atoms with Crippen molar-refractivity contribution >= 4 is 23.9 Å². The molecular formula is C38H48N4O7. The average molecular weight is 673 g/mol. The number of carbonyl (C=O) groups excluding carboxylic acids is 3. The lowest BCUT2D eigenvalue weighted by atomic mass is 9.91. The molecule has 2 fully saturated rings. The molecule has 5 atom stereocenters. The number of hydrogen-bond donors (Lipinski definition) is 3. The maximum Gasteiger partial charge on any atom is 0.408 e. The molecule has 262 valence electrons. The molecule has 0 bridgehead atoms. The molecule has 1 saturated carbocycles. The van der Waals surface area contributed by atoms with E-state index in [-0.39, 0.29) is 25.3 Å². The number of alkyl carbamates (subject to hydrolysis) is 1. The summed E-state index contributed by atoms with van der Waals surface area (Å²) in [4.78, 5) is 60.2. The van der Waals surface area contributed by atoms with Crippen LogP contribution in [-0.4, -0.2) is 74.7 Å². The van der Waals surface area contributed by atoms with Gasteiger partial charge in [0.05, 0.1) is 12.2 Å². The maximum atomic E-state index is 14.4. The number of allylic oxidation sites excluding steroid dienone is 1. The topological polar surface area (TPSA) is 147 Å². The molecule has 0 spiro atoms. The number of hydrogen-bond acceptors (Lipinski definition) is 7. The van der Waals surface area contributed by atoms with Crippen molar-refractivity contribution in [3.05, 3.63) is 59.7 Å². The molecule has 1 saturated heterocycles. The second kappa shape index (κ2) is 14.2. The van der Waals surface area contributed by atoms with Crippen LogP contribution in [0.2, 0.25) is 0 Å². The third-order valence-electron chi connectivity index (χ3n) is 9.96. The van der Waals surface area contributed by atoms with E-state index in [4.69, 9.17) is 14.5 Å². The molecule has 0 radical (unpaired) electrons. The molecule has 2 aliphatic carbocycles. The molecule has 11 nitrogen and oxygen atoms in total. The van der Waals surface area contributed by atoms with E-state index in [0.29, 0.717) is 18.7 Å². The Hall–Kier alpha value is -4.41. The normalized spacial score (nSPS) is 28.0. The molecule has 3 amide bonds. The standard InChI is InChI=1S/C38H48N4O7/c1-37(2,3)49-36(47)40-29-19-11-6-4-5-10-17-26-22-38(26,35(45)46)41-32(43)31-21-27(23-42(31)34(29)44)48-33-28-18-13-12-16-25(28)20-30(39-33)24-14-8-7-9-15-24/h7-10,14-15,17,20,26-27,29,31H,4-6,11-13,16,18-19,21-23H2,1-3H3,(H,40,47)(H,41,43)(H,45,46)/b17-10-/t26-,27-,29+,31+,38-/m1/s1. The van der Waals surface area contributed by atoms with Crippen molar-refractivity contribution in [3.8, 4) is 17.1 Å². The van der Waals surface area contributed by atoms with Crippen molar-refractivity contribution in [1.29, 1.82) is 0 Å². The Kier molecular flexibility index (Phi) is 9.99. The number of ether oxygens (including phenoxy) is 2. The van der Waals surface area contributed by atoms with Crippen LogP contribution in [0.4, 0.5) is 4.79 Å². The smallest absolute Gasteiger partial charge is 0.408 e. The van der Waals surface area contributed by atoms with Gasteiger partial charge >= 0.3 is 12.1 Å². The molecule has 11 heteroatoms. The number of carboxylic acids is 1. The lowest BCUT2D eigenvalue weighted by molar-refractivity contribution is -0.145. The zero-order chi connectivity index (χ0) is 34.8. The van der Waals surface area contributed by atoms with Gasteiger partial charge in [-0.15, -0.1) is 0 Å². The van der Waals surface area contributed by atoms with Gasteiger partial charge in [0.15, 0.2) is 0 Å². The Balaban J connectivity index is 1.31. The SMILES string of the molecule is CC(C)(C)OC(=O)N[C@H]1CCCCC/C=C\[C@@H]2C[C@@]2(C(=O)O)NC(=O)[C@@H]2C[C@@H](Oc3nc(-c4ccccc4)cc4c3CCCC4)CN2C1=O. The lowest BCUT2D eigenvalue weighted by Crippen LogP contribution is -2.56. The van der Waals surface area contributed by atoms with Crippen LogP contribution >= 0.6 is 0 Å². The van der Waals surface area contributed by atoms with E-state index in [1.54, 1.807) is 20.8 Å². The molecule has 2 aliphatic heterocycles. The summed E-state index contributed by atoms with van der Waals surface area (Å²) in [5.74, 6) is -1.88. The summed E-state index contributed by atoms with van der Waals surface area (Å²) in [5.41, 5.74) is 1.83. The van der Waals surface area contributed by atoms with Crippen molar-refractivity contribution in [2.45, 2.75) is 121 Å². The number of fused-ring (bicyclic) bond motifs is 3. The van der Waals surface area contributed by atoms with Crippen LogP contribution in [0, 0.1) is 5.92 Å². The summed E-state index contributed by atoms with van der Waals surface area (Å²) < 4.78 is 12.1. The fourth-order valence-electron chi connectivity index (χ4n) is 7.32. The van der Waals surface area contributed by atoms with Gasteiger partial charge in [-0.05, 0) is 83.8 Å². The molecule has 49 heavy (non-hydrogen) atoms. The molecule has 0 unspecified atom stereocenters. The van der Waals surface area contributed by atoms with Crippen molar-refractivity contribution < 1.29 is 33.8 Å². The van der Waals surface area contributed by atoms with Crippen LogP contribution in [0.15, 0.2) is 48.6 Å². The van der Waals surface area contributed by atoms with Crippen molar-refractivity contribution in [1.82, 2.24) is 20.5 Å². The summed E-state index contributed by atoms with van der Waals surface area (Å²) in [6.07, 6.45) is 10.3. The van der Waals surface area contributed by atoms with Gasteiger partial charge < -0.3 is 30.1 Å². The summed E-state index contributed by atoms with van der Waals surface area (Å²) in [7, 11) is 0. The molecule has 3 N–H and O–H groups in total. The predicted molar refractivity (Wildman–Crippen MR) is 183 cm³/mol. The van der Waals surface area contributed by atoms with E-state index in [2.05, 4.69) is 16.7 Å². The first kappa shape index (κ1) is 34.5. The Morgan fingerprint density at radius 2 is 1.84 bits per heavy atom. The third-order valence-corrected chi connectivity index (χ3v) is 9.96. The number of aromatic nitrogens is 1. The van der Waals surface area contributed by atoms with Gasteiger partial charge in [-0.3, -0.25) is 9.59 Å². The number of aryl methyl sites for hydroxylation is 1. The Morgan fingerprint density at radius 3 is 2.59 bits per heavy atom. The average Bonchev–Trinajstić information content (AvgIpc) is 3.60. The van der Waals surface area contributed by atoms with Crippen LogP contribution in [0.1, 0.15) is 89.7 Å². The third kappa shape index (κ3) is 7.92. The van der Waals surface area contributed by atoms with Gasteiger partial charge in [0.2, 0.25) is 17.7 Å². The first-order valence-corrected chi connectivity index (χ1v) is 17.7. The van der Waals surface area contributed by atoms with Gasteiger partial charge in [-0.25, -0.2) is 14.6 Å². The van der Waals surface area contributed by atoms with Crippen molar-refractivity contribution in [3.63, 3.8) is 0 Å². The highest BCUT2D eigenvalue weighted by atomic mass is 16.6. The zero-order valence-electron chi connectivity index (χ0n) is 28.7. The summed E-state index contributed by atoms with van der Waals surface area (Å²) >= 11 is 0. The zero-order valence-corrected chi connectivity index (χ0v) is 28.7. The second-order valence-electron chi connectivity index (χ2n) is 14.8. The molecule has 4 aliphatic rings. The van der Waals surface area contributed by atoms with E-state index in [1.807, 2.05) is 42.5 Å². The number of amides is 3. The van der Waals surface area contributed by atoms with Crippen LogP contribution < -0.4 is 15.4 Å². The molecular weight excluding hydrogens is 624 g/mol. The molecule has 2 aromatic rings. The van der Waals surface area contributed by atoms with E-state index in [1.165, 1.54) is 10.5 Å². The van der Waals surface area contributed by atoms with Gasteiger partial charge in [0.1, 0.15) is 29.3 Å². The number of pyridine rings is 1. The first-order valence-electron chi connectivity index (χ1n) is 17.7. The van der Waals surface area contributed by atoms with E-state index >= 15 is 0 Å². The maximum absolute atomic E-state index is 14.4. The number of carbonyl (C=O) groups is 4. The second-order valence-corrected chi connectivity index (χ2v) is 14.8. The van der Waals surface area contributed by atoms with E-state index < -0.39 is 53.2 Å². The molecule has 6 rings (SSSR count). The van der Waals surface area contributed by atoms with Crippen LogP contribution in [-0.2, 0) is 32.0 Å². The largest absolute Gasteiger partial charge is 0.479 e. The van der Waals surface area contributed by atoms with Crippen LogP contribution in [0.3, 0.4) is 0 Å². The number of rotatable bonds is 5. The van der Waals surface area contributed by atoms with Crippen LogP contribution in [0.25, 0.3) is 11.3 Å². The highest BCUT2D eigenvalue weighted by molar-refractivity contribution is 5.96. The molecule has 1 aromatic carbocycles. The fourth-order valence-corrected chi connectivity index (χ4v) is 7.32. The van der Waals surface area contributed by atoms with Gasteiger partial charge in [0.25, 0.3) is 0 Å². The molecule has 3 heterocycles. The van der Waals surface area contributed by atoms with E-state index in [9.17, 15) is 24.3 Å². The molecule has 1 aromatic heterocycles. The van der Waals surface area contributed by atoms with Crippen molar-refractivity contribution in [2.75, 3.05) is 6.54 Å². The van der Waals surface area contributed by atoms with Crippen LogP contribution in [0.5, 0.6) is 5.88 Å². The Bertz CT molecular complexity index is 1600. The fraction of sp³-hybridized carbons (Fsp3) is 0.553. The number of nitrogens with one attached hydrogen (secondary N) is 2. The number of nitrogens with zero attached hydrogens (tertiary/aromatic N) is 2.